The fourth-order valence-electron chi connectivity index (χ4n) is 1.90. The third kappa shape index (κ3) is 1.34. The summed E-state index contributed by atoms with van der Waals surface area (Å²) in [6.45, 7) is 1.96. The number of fused-ring (bicyclic) bond motifs is 1. The summed E-state index contributed by atoms with van der Waals surface area (Å²) in [7, 11) is 3.15. The van der Waals surface area contributed by atoms with Crippen LogP contribution in [0.3, 0.4) is 0 Å². The summed E-state index contributed by atoms with van der Waals surface area (Å²) in [6.07, 6.45) is 0.748. The third-order valence-corrected chi connectivity index (χ3v) is 2.65. The van der Waals surface area contributed by atoms with Gasteiger partial charge in [-0.2, -0.15) is 0 Å². The van der Waals surface area contributed by atoms with Crippen LogP contribution in [0.5, 0.6) is 11.5 Å². The third-order valence-electron chi connectivity index (χ3n) is 2.65. The van der Waals surface area contributed by atoms with Crippen molar-refractivity contribution < 1.29 is 14.3 Å². The molecule has 1 aromatic carbocycles. The predicted molar refractivity (Wildman–Crippen MR) is 61.5 cm³/mol. The first-order valence-corrected chi connectivity index (χ1v) is 4.91. The van der Waals surface area contributed by atoms with E-state index < -0.39 is 0 Å². The molecular weight excluding hydrogens is 206 g/mol. The first-order valence-electron chi connectivity index (χ1n) is 4.91. The summed E-state index contributed by atoms with van der Waals surface area (Å²) in [4.78, 5) is 13.9. The van der Waals surface area contributed by atoms with Gasteiger partial charge in [0.15, 0.2) is 12.0 Å². The highest BCUT2D eigenvalue weighted by Crippen LogP contribution is 2.36. The van der Waals surface area contributed by atoms with Crippen LogP contribution in [0.4, 0.5) is 0 Å². The molecule has 0 atom stereocenters. The number of ether oxygens (including phenoxy) is 2. The van der Waals surface area contributed by atoms with Gasteiger partial charge in [0.25, 0.3) is 0 Å². The number of aromatic amines is 1. The Morgan fingerprint density at radius 2 is 2.00 bits per heavy atom. The highest BCUT2D eigenvalue weighted by atomic mass is 16.5. The van der Waals surface area contributed by atoms with Gasteiger partial charge in [-0.05, 0) is 18.6 Å². The molecule has 0 fully saturated rings. The van der Waals surface area contributed by atoms with E-state index in [0.717, 1.165) is 22.8 Å². The van der Waals surface area contributed by atoms with Crippen LogP contribution >= 0.6 is 0 Å². The molecule has 0 aliphatic rings. The lowest BCUT2D eigenvalue weighted by molar-refractivity contribution is 0.111. The summed E-state index contributed by atoms with van der Waals surface area (Å²) in [5.41, 5.74) is 2.27. The zero-order valence-corrected chi connectivity index (χ0v) is 9.46. The molecule has 0 saturated heterocycles. The average Bonchev–Trinajstić information content (AvgIpc) is 2.69. The van der Waals surface area contributed by atoms with E-state index in [1.54, 1.807) is 14.2 Å². The second kappa shape index (κ2) is 3.89. The van der Waals surface area contributed by atoms with Crippen LogP contribution in [0, 0.1) is 6.92 Å². The van der Waals surface area contributed by atoms with E-state index in [-0.39, 0.29) is 0 Å². The monoisotopic (exact) mass is 219 g/mol. The van der Waals surface area contributed by atoms with E-state index in [4.69, 9.17) is 9.47 Å². The van der Waals surface area contributed by atoms with Gasteiger partial charge in [-0.25, -0.2) is 0 Å². The quantitative estimate of drug-likeness (QED) is 0.806. The van der Waals surface area contributed by atoms with Crippen molar-refractivity contribution in [3.8, 4) is 11.5 Å². The van der Waals surface area contributed by atoms with E-state index >= 15 is 0 Å². The smallest absolute Gasteiger partial charge is 0.170 e. The lowest BCUT2D eigenvalue weighted by Crippen LogP contribution is -1.87. The number of rotatable bonds is 3. The standard InChI is InChI=1S/C12H13NO3/c1-7-4-5-9(15-2)11-10(7)12(16-3)8(6-14)13-11/h4-6,13H,1-3H3. The fraction of sp³-hybridized carbons (Fsp3) is 0.250. The van der Waals surface area contributed by atoms with Gasteiger partial charge in [-0.15, -0.1) is 0 Å². The Morgan fingerprint density at radius 1 is 1.25 bits per heavy atom. The van der Waals surface area contributed by atoms with Crippen molar-refractivity contribution in [1.29, 1.82) is 0 Å². The maximum atomic E-state index is 10.9. The number of carbonyl (C=O) groups excluding carboxylic acids is 1. The number of aldehydes is 1. The van der Waals surface area contributed by atoms with Crippen LogP contribution < -0.4 is 9.47 Å². The average molecular weight is 219 g/mol. The highest BCUT2D eigenvalue weighted by molar-refractivity contribution is 6.00. The number of H-pyrrole nitrogens is 1. The van der Waals surface area contributed by atoms with E-state index in [1.807, 2.05) is 19.1 Å². The Hall–Kier alpha value is -1.97. The van der Waals surface area contributed by atoms with Crippen molar-refractivity contribution in [2.45, 2.75) is 6.92 Å². The fourth-order valence-corrected chi connectivity index (χ4v) is 1.90. The zero-order valence-electron chi connectivity index (χ0n) is 9.46. The number of methoxy groups -OCH3 is 2. The van der Waals surface area contributed by atoms with Crippen LogP contribution in [0.25, 0.3) is 10.9 Å². The Morgan fingerprint density at radius 3 is 2.56 bits per heavy atom. The molecule has 4 nitrogen and oxygen atoms in total. The van der Waals surface area contributed by atoms with Gasteiger partial charge >= 0.3 is 0 Å². The maximum absolute atomic E-state index is 10.9. The van der Waals surface area contributed by atoms with E-state index in [1.165, 1.54) is 0 Å². The second-order valence-electron chi connectivity index (χ2n) is 3.52. The Balaban J connectivity index is 2.89. The van der Waals surface area contributed by atoms with Crippen LogP contribution in [0.2, 0.25) is 0 Å². The molecule has 0 aliphatic heterocycles. The summed E-state index contributed by atoms with van der Waals surface area (Å²) in [5, 5.41) is 0.893. The molecular formula is C12H13NO3. The van der Waals surface area contributed by atoms with Gasteiger partial charge < -0.3 is 14.5 Å². The first-order chi connectivity index (χ1) is 7.72. The van der Waals surface area contributed by atoms with E-state index in [2.05, 4.69) is 4.98 Å². The SMILES string of the molecule is COc1ccc(C)c2c(OC)c(C=O)[nH]c12. The molecule has 0 aliphatic carbocycles. The lowest BCUT2D eigenvalue weighted by atomic mass is 10.1. The van der Waals surface area contributed by atoms with E-state index in [0.29, 0.717) is 17.2 Å². The molecule has 1 heterocycles. The summed E-state index contributed by atoms with van der Waals surface area (Å²) in [6, 6.07) is 3.80. The van der Waals surface area contributed by atoms with Crippen molar-refractivity contribution >= 4 is 17.2 Å². The first kappa shape index (κ1) is 10.5. The topological polar surface area (TPSA) is 51.3 Å². The van der Waals surface area contributed by atoms with Gasteiger partial charge in [0.05, 0.1) is 19.7 Å². The minimum absolute atomic E-state index is 0.435. The van der Waals surface area contributed by atoms with Crippen molar-refractivity contribution in [3.05, 3.63) is 23.4 Å². The molecule has 0 unspecified atom stereocenters. The Labute approximate surface area is 93.2 Å². The molecule has 84 valence electrons. The summed E-state index contributed by atoms with van der Waals surface area (Å²) < 4.78 is 10.5. The largest absolute Gasteiger partial charge is 0.495 e. The van der Waals surface area contributed by atoms with Gasteiger partial charge in [0.1, 0.15) is 11.4 Å². The molecule has 4 heteroatoms. The number of aryl methyl sites for hydroxylation is 1. The van der Waals surface area contributed by atoms with Crippen molar-refractivity contribution in [2.75, 3.05) is 14.2 Å². The molecule has 16 heavy (non-hydrogen) atoms. The predicted octanol–water partition coefficient (Wildman–Crippen LogP) is 2.31. The lowest BCUT2D eigenvalue weighted by Gasteiger charge is -2.04. The molecule has 0 bridgehead atoms. The summed E-state index contributed by atoms with van der Waals surface area (Å²) in [5.74, 6) is 1.27. The van der Waals surface area contributed by atoms with Gasteiger partial charge in [-0.1, -0.05) is 6.07 Å². The van der Waals surface area contributed by atoms with Crippen molar-refractivity contribution in [3.63, 3.8) is 0 Å². The minimum atomic E-state index is 0.435. The minimum Gasteiger partial charge on any atom is -0.495 e. The number of aromatic nitrogens is 1. The number of nitrogens with one attached hydrogen (secondary N) is 1. The van der Waals surface area contributed by atoms with Crippen molar-refractivity contribution in [2.24, 2.45) is 0 Å². The van der Waals surface area contributed by atoms with Crippen LogP contribution in [0.15, 0.2) is 12.1 Å². The second-order valence-corrected chi connectivity index (χ2v) is 3.52. The van der Waals surface area contributed by atoms with Gasteiger partial charge in [0.2, 0.25) is 0 Å². The number of hydrogen-bond acceptors (Lipinski definition) is 3. The van der Waals surface area contributed by atoms with Crippen LogP contribution in [-0.2, 0) is 0 Å². The Kier molecular flexibility index (Phi) is 2.56. The summed E-state index contributed by atoms with van der Waals surface area (Å²) >= 11 is 0. The molecule has 1 N–H and O–H groups in total. The number of benzene rings is 1. The Bertz CT molecular complexity index is 543. The molecule has 2 rings (SSSR count). The molecule has 0 radical (unpaired) electrons. The molecule has 0 spiro atoms. The van der Waals surface area contributed by atoms with Crippen LogP contribution in [-0.4, -0.2) is 25.5 Å². The number of carbonyl (C=O) groups is 1. The molecule has 1 aromatic heterocycles. The molecule has 0 saturated carbocycles. The molecule has 0 amide bonds. The normalized spacial score (nSPS) is 10.4. The molecule has 2 aromatic rings. The number of hydrogen-bond donors (Lipinski definition) is 1. The van der Waals surface area contributed by atoms with Gasteiger partial charge in [-0.3, -0.25) is 4.79 Å². The highest BCUT2D eigenvalue weighted by Gasteiger charge is 2.16. The van der Waals surface area contributed by atoms with Gasteiger partial charge in [0, 0.05) is 5.39 Å². The van der Waals surface area contributed by atoms with E-state index in [9.17, 15) is 4.79 Å². The zero-order chi connectivity index (χ0) is 11.7. The van der Waals surface area contributed by atoms with Crippen molar-refractivity contribution in [1.82, 2.24) is 4.98 Å². The maximum Gasteiger partial charge on any atom is 0.170 e. The van der Waals surface area contributed by atoms with Crippen LogP contribution in [0.1, 0.15) is 16.1 Å².